The van der Waals surface area contributed by atoms with Crippen molar-refractivity contribution in [3.05, 3.63) is 75.4 Å². The van der Waals surface area contributed by atoms with Crippen molar-refractivity contribution in [1.29, 1.82) is 0 Å². The number of nitro benzene ring substituents is 1. The number of nitrogens with one attached hydrogen (secondary N) is 1. The molecule has 0 unspecified atom stereocenters. The minimum atomic E-state index is -0.522. The SMILES string of the molecule is COc1ccc(/C=C/C(=O)Nc2nc(-c3cccc([N+](=O)[O-])c3)cs2)cc1F. The van der Waals surface area contributed by atoms with Crippen LogP contribution >= 0.6 is 11.3 Å². The van der Waals surface area contributed by atoms with Crippen LogP contribution in [0.3, 0.4) is 0 Å². The molecule has 0 aliphatic carbocycles. The molecule has 3 aromatic rings. The molecule has 1 N–H and O–H groups in total. The van der Waals surface area contributed by atoms with E-state index in [4.69, 9.17) is 4.74 Å². The zero-order valence-electron chi connectivity index (χ0n) is 14.6. The summed E-state index contributed by atoms with van der Waals surface area (Å²) in [5.41, 5.74) is 1.57. The Bertz CT molecular complexity index is 1060. The molecular weight excluding hydrogens is 385 g/mol. The molecule has 0 aliphatic heterocycles. The van der Waals surface area contributed by atoms with Crippen LogP contribution in [0.2, 0.25) is 0 Å². The number of nitrogens with zero attached hydrogens (tertiary/aromatic N) is 2. The number of halogens is 1. The van der Waals surface area contributed by atoms with Crippen LogP contribution in [0.1, 0.15) is 5.56 Å². The molecule has 0 saturated carbocycles. The summed E-state index contributed by atoms with van der Waals surface area (Å²) in [4.78, 5) is 26.7. The van der Waals surface area contributed by atoms with E-state index in [1.165, 1.54) is 54.9 Å². The van der Waals surface area contributed by atoms with Crippen molar-refractivity contribution in [3.8, 4) is 17.0 Å². The van der Waals surface area contributed by atoms with Crippen molar-refractivity contribution in [2.24, 2.45) is 0 Å². The third-order valence-corrected chi connectivity index (χ3v) is 4.45. The summed E-state index contributed by atoms with van der Waals surface area (Å²) in [7, 11) is 1.37. The first-order valence-corrected chi connectivity index (χ1v) is 8.87. The van der Waals surface area contributed by atoms with Crippen LogP contribution in [-0.4, -0.2) is 22.9 Å². The summed E-state index contributed by atoms with van der Waals surface area (Å²) in [6.07, 6.45) is 2.72. The van der Waals surface area contributed by atoms with Crippen molar-refractivity contribution >= 4 is 34.1 Å². The lowest BCUT2D eigenvalue weighted by Gasteiger charge is -2.02. The average Bonchev–Trinajstić information content (AvgIpc) is 3.15. The monoisotopic (exact) mass is 399 g/mol. The van der Waals surface area contributed by atoms with Crippen LogP contribution in [0.15, 0.2) is 53.9 Å². The Hall–Kier alpha value is -3.59. The molecule has 0 saturated heterocycles. The van der Waals surface area contributed by atoms with Crippen LogP contribution in [0, 0.1) is 15.9 Å². The quantitative estimate of drug-likeness (QED) is 0.374. The number of anilines is 1. The van der Waals surface area contributed by atoms with E-state index in [2.05, 4.69) is 10.3 Å². The normalized spacial score (nSPS) is 10.8. The van der Waals surface area contributed by atoms with Gasteiger partial charge in [0.1, 0.15) is 0 Å². The van der Waals surface area contributed by atoms with Crippen LogP contribution < -0.4 is 10.1 Å². The number of amides is 1. The second-order valence-electron chi connectivity index (χ2n) is 5.56. The van der Waals surface area contributed by atoms with Crippen LogP contribution in [-0.2, 0) is 4.79 Å². The number of nitro groups is 1. The number of hydrogen-bond donors (Lipinski definition) is 1. The minimum Gasteiger partial charge on any atom is -0.494 e. The standard InChI is InChI=1S/C19H14FN3O4S/c1-27-17-7-5-12(9-15(17)20)6-8-18(24)22-19-21-16(11-28-19)13-3-2-4-14(10-13)23(25)26/h2-11H,1H3,(H,21,22,24)/b8-6+. The van der Waals surface area contributed by atoms with E-state index >= 15 is 0 Å². The number of aromatic nitrogens is 1. The number of carbonyl (C=O) groups excluding carboxylic acids is 1. The fourth-order valence-corrected chi connectivity index (χ4v) is 3.07. The lowest BCUT2D eigenvalue weighted by molar-refractivity contribution is -0.384. The lowest BCUT2D eigenvalue weighted by atomic mass is 10.1. The molecule has 0 radical (unpaired) electrons. The number of ether oxygens (including phenoxy) is 1. The van der Waals surface area contributed by atoms with Gasteiger partial charge in [-0.1, -0.05) is 18.2 Å². The molecule has 7 nitrogen and oxygen atoms in total. The first-order chi connectivity index (χ1) is 13.5. The molecule has 0 atom stereocenters. The molecule has 142 valence electrons. The summed E-state index contributed by atoms with van der Waals surface area (Å²) in [6.45, 7) is 0. The zero-order chi connectivity index (χ0) is 20.1. The molecule has 2 aromatic carbocycles. The van der Waals surface area contributed by atoms with Gasteiger partial charge in [0.2, 0.25) is 5.91 Å². The summed E-state index contributed by atoms with van der Waals surface area (Å²) in [6, 6.07) is 10.4. The largest absolute Gasteiger partial charge is 0.494 e. The molecule has 9 heteroatoms. The van der Waals surface area contributed by atoms with Crippen molar-refractivity contribution in [1.82, 2.24) is 4.98 Å². The highest BCUT2D eigenvalue weighted by molar-refractivity contribution is 7.14. The molecule has 0 bridgehead atoms. The molecule has 0 spiro atoms. The Morgan fingerprint density at radius 3 is 2.86 bits per heavy atom. The number of rotatable bonds is 6. The van der Waals surface area contributed by atoms with E-state index in [-0.39, 0.29) is 11.4 Å². The van der Waals surface area contributed by atoms with Gasteiger partial charge in [0.15, 0.2) is 16.7 Å². The summed E-state index contributed by atoms with van der Waals surface area (Å²) in [5, 5.41) is 15.5. The number of thiazole rings is 1. The predicted octanol–water partition coefficient (Wildman–Crippen LogP) is 4.52. The van der Waals surface area contributed by atoms with Gasteiger partial charge in [-0.3, -0.25) is 20.2 Å². The second-order valence-corrected chi connectivity index (χ2v) is 6.42. The highest BCUT2D eigenvalue weighted by Crippen LogP contribution is 2.27. The Balaban J connectivity index is 1.68. The predicted molar refractivity (Wildman–Crippen MR) is 105 cm³/mol. The number of non-ortho nitro benzene ring substituents is 1. The van der Waals surface area contributed by atoms with Gasteiger partial charge >= 0.3 is 0 Å². The molecule has 0 aliphatic rings. The average molecular weight is 399 g/mol. The molecular formula is C19H14FN3O4S. The fourth-order valence-electron chi connectivity index (χ4n) is 2.35. The maximum Gasteiger partial charge on any atom is 0.270 e. The summed E-state index contributed by atoms with van der Waals surface area (Å²) in [5.74, 6) is -0.833. The van der Waals surface area contributed by atoms with Gasteiger partial charge in [-0.2, -0.15) is 0 Å². The van der Waals surface area contributed by atoms with Gasteiger partial charge in [-0.25, -0.2) is 9.37 Å². The van der Waals surface area contributed by atoms with Gasteiger partial charge < -0.3 is 4.74 Å². The number of hydrogen-bond acceptors (Lipinski definition) is 6. The van der Waals surface area contributed by atoms with E-state index < -0.39 is 16.6 Å². The van der Waals surface area contributed by atoms with E-state index in [9.17, 15) is 19.3 Å². The third kappa shape index (κ3) is 4.57. The first-order valence-electron chi connectivity index (χ1n) is 7.99. The van der Waals surface area contributed by atoms with Gasteiger partial charge in [0.25, 0.3) is 5.69 Å². The van der Waals surface area contributed by atoms with Gasteiger partial charge in [-0.15, -0.1) is 11.3 Å². The summed E-state index contributed by atoms with van der Waals surface area (Å²) < 4.78 is 18.5. The van der Waals surface area contributed by atoms with Crippen molar-refractivity contribution in [2.45, 2.75) is 0 Å². The fraction of sp³-hybridized carbons (Fsp3) is 0.0526. The Morgan fingerprint density at radius 2 is 2.14 bits per heavy atom. The topological polar surface area (TPSA) is 94.4 Å². The Morgan fingerprint density at radius 1 is 1.32 bits per heavy atom. The second kappa shape index (κ2) is 8.40. The van der Waals surface area contributed by atoms with E-state index in [1.807, 2.05) is 0 Å². The van der Waals surface area contributed by atoms with E-state index in [0.717, 1.165) is 0 Å². The highest BCUT2D eigenvalue weighted by atomic mass is 32.1. The molecule has 1 amide bonds. The van der Waals surface area contributed by atoms with Gasteiger partial charge in [0.05, 0.1) is 17.7 Å². The maximum absolute atomic E-state index is 13.7. The smallest absolute Gasteiger partial charge is 0.270 e. The van der Waals surface area contributed by atoms with E-state index in [1.54, 1.807) is 23.6 Å². The third-order valence-electron chi connectivity index (χ3n) is 3.69. The first kappa shape index (κ1) is 19.2. The van der Waals surface area contributed by atoms with E-state index in [0.29, 0.717) is 22.0 Å². The zero-order valence-corrected chi connectivity index (χ0v) is 15.4. The molecule has 3 rings (SSSR count). The Labute approximate surface area is 163 Å². The van der Waals surface area contributed by atoms with Gasteiger partial charge in [-0.05, 0) is 23.8 Å². The highest BCUT2D eigenvalue weighted by Gasteiger charge is 2.11. The van der Waals surface area contributed by atoms with Gasteiger partial charge in [0, 0.05) is 29.2 Å². The summed E-state index contributed by atoms with van der Waals surface area (Å²) >= 11 is 1.19. The molecule has 28 heavy (non-hydrogen) atoms. The molecule has 0 fully saturated rings. The van der Waals surface area contributed by atoms with Crippen molar-refractivity contribution in [2.75, 3.05) is 12.4 Å². The maximum atomic E-state index is 13.7. The Kier molecular flexibility index (Phi) is 5.75. The van der Waals surface area contributed by atoms with Crippen molar-refractivity contribution < 1.29 is 18.8 Å². The van der Waals surface area contributed by atoms with Crippen LogP contribution in [0.4, 0.5) is 15.2 Å². The van der Waals surface area contributed by atoms with Crippen LogP contribution in [0.25, 0.3) is 17.3 Å². The number of carbonyl (C=O) groups is 1. The number of benzene rings is 2. The lowest BCUT2D eigenvalue weighted by Crippen LogP contribution is -2.07. The van der Waals surface area contributed by atoms with Crippen molar-refractivity contribution in [3.63, 3.8) is 0 Å². The number of methoxy groups -OCH3 is 1. The molecule has 1 aromatic heterocycles. The van der Waals surface area contributed by atoms with Crippen LogP contribution in [0.5, 0.6) is 5.75 Å². The minimum absolute atomic E-state index is 0.0363. The molecule has 1 heterocycles.